The first kappa shape index (κ1) is 13.1. The second-order valence-corrected chi connectivity index (χ2v) is 5.84. The smallest absolute Gasteiger partial charge is 0.178 e. The lowest BCUT2D eigenvalue weighted by Gasteiger charge is -1.97. The van der Waals surface area contributed by atoms with Crippen LogP contribution in [0.2, 0.25) is 0 Å². The number of carbonyl (C=O) groups excluding carboxylic acids is 1. The van der Waals surface area contributed by atoms with Gasteiger partial charge in [0.05, 0.1) is 11.3 Å². The van der Waals surface area contributed by atoms with Crippen molar-refractivity contribution in [3.8, 4) is 0 Å². The number of nitrogens with zero attached hydrogens (tertiary/aromatic N) is 2. The van der Waals surface area contributed by atoms with Crippen molar-refractivity contribution in [2.75, 3.05) is 5.75 Å². The number of para-hydroxylation sites is 1. The minimum Gasteiger partial charge on any atom is -0.360 e. The van der Waals surface area contributed by atoms with Crippen LogP contribution in [0.5, 0.6) is 0 Å². The fourth-order valence-corrected chi connectivity index (χ4v) is 3.16. The molecule has 0 amide bonds. The number of aromatic amines is 2. The molecule has 0 radical (unpaired) electrons. The van der Waals surface area contributed by atoms with Crippen molar-refractivity contribution in [2.24, 2.45) is 0 Å². The zero-order valence-corrected chi connectivity index (χ0v) is 12.4. The van der Waals surface area contributed by atoms with E-state index in [1.807, 2.05) is 36.4 Å². The van der Waals surface area contributed by atoms with E-state index in [2.05, 4.69) is 19.9 Å². The summed E-state index contributed by atoms with van der Waals surface area (Å²) in [7, 11) is 0. The molecule has 0 aliphatic heterocycles. The first-order valence-corrected chi connectivity index (χ1v) is 7.83. The van der Waals surface area contributed by atoms with Crippen molar-refractivity contribution in [3.05, 3.63) is 54.4 Å². The summed E-state index contributed by atoms with van der Waals surface area (Å²) in [6, 6.07) is 11.6. The van der Waals surface area contributed by atoms with Crippen LogP contribution in [0.15, 0.2) is 53.9 Å². The fraction of sp³-hybridized carbons (Fsp3) is 0.0625. The van der Waals surface area contributed by atoms with Crippen LogP contribution in [0.1, 0.15) is 10.4 Å². The molecule has 4 aromatic rings. The van der Waals surface area contributed by atoms with Gasteiger partial charge in [0.2, 0.25) is 0 Å². The average molecular weight is 308 g/mol. The summed E-state index contributed by atoms with van der Waals surface area (Å²) in [5, 5.41) is 1.67. The maximum atomic E-state index is 12.4. The van der Waals surface area contributed by atoms with E-state index in [1.165, 1.54) is 11.8 Å². The standard InChI is InChI=1S/C16H12N4OS/c21-14(11-8-18-12-5-2-1-4-10(11)12)9-22-16-19-13-6-3-7-17-15(13)20-16/h1-8,18H,9H2,(H,17,19,20). The van der Waals surface area contributed by atoms with E-state index >= 15 is 0 Å². The van der Waals surface area contributed by atoms with Gasteiger partial charge in [-0.05, 0) is 18.2 Å². The highest BCUT2D eigenvalue weighted by Gasteiger charge is 2.13. The Morgan fingerprint density at radius 1 is 1.14 bits per heavy atom. The van der Waals surface area contributed by atoms with E-state index in [0.29, 0.717) is 16.6 Å². The number of aromatic nitrogens is 4. The molecule has 3 heterocycles. The first-order chi connectivity index (χ1) is 10.8. The van der Waals surface area contributed by atoms with Crippen LogP contribution in [-0.4, -0.2) is 31.5 Å². The molecule has 0 saturated carbocycles. The lowest BCUT2D eigenvalue weighted by atomic mass is 10.1. The third-order valence-corrected chi connectivity index (χ3v) is 4.34. The number of hydrogen-bond donors (Lipinski definition) is 2. The molecule has 3 aromatic heterocycles. The topological polar surface area (TPSA) is 74.4 Å². The molecule has 2 N–H and O–H groups in total. The Bertz CT molecular complexity index is 939. The van der Waals surface area contributed by atoms with Gasteiger partial charge in [-0.1, -0.05) is 30.0 Å². The van der Waals surface area contributed by atoms with Crippen LogP contribution in [0, 0.1) is 0 Å². The number of rotatable bonds is 4. The summed E-state index contributed by atoms with van der Waals surface area (Å²) >= 11 is 1.39. The number of Topliss-reactive ketones (excluding diaryl/α,β-unsaturated/α-hetero) is 1. The Morgan fingerprint density at radius 3 is 2.91 bits per heavy atom. The van der Waals surface area contributed by atoms with E-state index in [1.54, 1.807) is 12.4 Å². The molecule has 108 valence electrons. The van der Waals surface area contributed by atoms with Crippen LogP contribution in [0.4, 0.5) is 0 Å². The van der Waals surface area contributed by atoms with Gasteiger partial charge < -0.3 is 9.97 Å². The van der Waals surface area contributed by atoms with Crippen LogP contribution in [0.25, 0.3) is 22.1 Å². The molecule has 0 bridgehead atoms. The average Bonchev–Trinajstić information content (AvgIpc) is 3.16. The fourth-order valence-electron chi connectivity index (χ4n) is 2.41. The molecule has 0 saturated heterocycles. The minimum absolute atomic E-state index is 0.0795. The largest absolute Gasteiger partial charge is 0.360 e. The first-order valence-electron chi connectivity index (χ1n) is 6.84. The summed E-state index contributed by atoms with van der Waals surface area (Å²) in [5.41, 5.74) is 3.25. The number of ketones is 1. The molecule has 0 atom stereocenters. The molecule has 6 heteroatoms. The summed E-state index contributed by atoms with van der Waals surface area (Å²) in [6.45, 7) is 0. The molecule has 5 nitrogen and oxygen atoms in total. The number of carbonyl (C=O) groups is 1. The Morgan fingerprint density at radius 2 is 2.00 bits per heavy atom. The van der Waals surface area contributed by atoms with Crippen LogP contribution in [-0.2, 0) is 0 Å². The van der Waals surface area contributed by atoms with Gasteiger partial charge >= 0.3 is 0 Å². The number of fused-ring (bicyclic) bond motifs is 2. The number of thioether (sulfide) groups is 1. The quantitative estimate of drug-likeness (QED) is 0.447. The summed E-state index contributed by atoms with van der Waals surface area (Å²) < 4.78 is 0. The van der Waals surface area contributed by atoms with Crippen molar-refractivity contribution < 1.29 is 4.79 Å². The summed E-state index contributed by atoms with van der Waals surface area (Å²) in [6.07, 6.45) is 3.47. The van der Waals surface area contributed by atoms with Crippen LogP contribution < -0.4 is 0 Å². The summed E-state index contributed by atoms with van der Waals surface area (Å²) in [5.74, 6) is 0.414. The molecule has 0 unspecified atom stereocenters. The Kier molecular flexibility index (Phi) is 3.16. The van der Waals surface area contributed by atoms with Gasteiger partial charge in [0.15, 0.2) is 16.6 Å². The van der Waals surface area contributed by atoms with Gasteiger partial charge in [0.25, 0.3) is 0 Å². The number of imidazole rings is 1. The lowest BCUT2D eigenvalue weighted by molar-refractivity contribution is 0.102. The van der Waals surface area contributed by atoms with E-state index in [9.17, 15) is 4.79 Å². The van der Waals surface area contributed by atoms with E-state index < -0.39 is 0 Å². The van der Waals surface area contributed by atoms with E-state index in [4.69, 9.17) is 0 Å². The highest BCUT2D eigenvalue weighted by Crippen LogP contribution is 2.22. The Balaban J connectivity index is 1.54. The van der Waals surface area contributed by atoms with Crippen molar-refractivity contribution in [2.45, 2.75) is 5.16 Å². The Hall–Kier alpha value is -2.60. The number of pyridine rings is 1. The predicted molar refractivity (Wildman–Crippen MR) is 87.2 cm³/mol. The second kappa shape index (κ2) is 5.31. The molecule has 0 fully saturated rings. The molecule has 1 aromatic carbocycles. The van der Waals surface area contributed by atoms with Gasteiger partial charge in [-0.25, -0.2) is 9.97 Å². The van der Waals surface area contributed by atoms with Gasteiger partial charge in [-0.15, -0.1) is 0 Å². The van der Waals surface area contributed by atoms with Crippen molar-refractivity contribution in [3.63, 3.8) is 0 Å². The third kappa shape index (κ3) is 2.27. The number of H-pyrrole nitrogens is 2. The van der Waals surface area contributed by atoms with Crippen LogP contribution in [0.3, 0.4) is 0 Å². The number of nitrogens with one attached hydrogen (secondary N) is 2. The summed E-state index contributed by atoms with van der Waals surface area (Å²) in [4.78, 5) is 27.2. The molecule has 0 aliphatic rings. The second-order valence-electron chi connectivity index (χ2n) is 4.88. The van der Waals surface area contributed by atoms with Gasteiger partial charge in [-0.3, -0.25) is 4.79 Å². The molecular weight excluding hydrogens is 296 g/mol. The SMILES string of the molecule is O=C(CSc1nc2ncccc2[nH]1)c1c[nH]c2ccccc12. The zero-order chi connectivity index (χ0) is 14.9. The van der Waals surface area contributed by atoms with Gasteiger partial charge in [-0.2, -0.15) is 0 Å². The highest BCUT2D eigenvalue weighted by molar-refractivity contribution is 7.99. The highest BCUT2D eigenvalue weighted by atomic mass is 32.2. The zero-order valence-electron chi connectivity index (χ0n) is 11.5. The minimum atomic E-state index is 0.0795. The van der Waals surface area contributed by atoms with Crippen molar-refractivity contribution in [1.29, 1.82) is 0 Å². The predicted octanol–water partition coefficient (Wildman–Crippen LogP) is 3.41. The van der Waals surface area contributed by atoms with E-state index in [-0.39, 0.29) is 5.78 Å². The van der Waals surface area contributed by atoms with Crippen molar-refractivity contribution in [1.82, 2.24) is 19.9 Å². The van der Waals surface area contributed by atoms with E-state index in [0.717, 1.165) is 22.0 Å². The maximum Gasteiger partial charge on any atom is 0.178 e. The molecule has 0 aliphatic carbocycles. The number of hydrogen-bond acceptors (Lipinski definition) is 4. The normalized spacial score (nSPS) is 11.3. The van der Waals surface area contributed by atoms with Crippen LogP contribution >= 0.6 is 11.8 Å². The lowest BCUT2D eigenvalue weighted by Crippen LogP contribution is -2.01. The third-order valence-electron chi connectivity index (χ3n) is 3.47. The molecular formula is C16H12N4OS. The van der Waals surface area contributed by atoms with Gasteiger partial charge in [0, 0.05) is 28.9 Å². The monoisotopic (exact) mass is 308 g/mol. The van der Waals surface area contributed by atoms with Gasteiger partial charge in [0.1, 0.15) is 0 Å². The Labute approximate surface area is 130 Å². The molecule has 0 spiro atoms. The molecule has 22 heavy (non-hydrogen) atoms. The van der Waals surface area contributed by atoms with Crippen molar-refractivity contribution >= 4 is 39.6 Å². The maximum absolute atomic E-state index is 12.4. The number of benzene rings is 1. The molecule has 4 rings (SSSR count).